The number of rotatable bonds is 5. The van der Waals surface area contributed by atoms with Crippen molar-refractivity contribution < 1.29 is 9.21 Å². The maximum absolute atomic E-state index is 12.5. The first-order valence-electron chi connectivity index (χ1n) is 8.31. The summed E-state index contributed by atoms with van der Waals surface area (Å²) in [5.41, 5.74) is 2.12. The maximum Gasteiger partial charge on any atom is 0.253 e. The van der Waals surface area contributed by atoms with E-state index in [2.05, 4.69) is 20.5 Å². The van der Waals surface area contributed by atoms with Crippen LogP contribution in [0, 0.1) is 0 Å². The summed E-state index contributed by atoms with van der Waals surface area (Å²) in [4.78, 5) is 16.8. The fraction of sp³-hybridized carbons (Fsp3) is 0.100. The molecule has 0 saturated heterocycles. The van der Waals surface area contributed by atoms with E-state index >= 15 is 0 Å². The first-order chi connectivity index (χ1) is 12.8. The second kappa shape index (κ2) is 7.14. The molecular weight excluding hydrogens is 328 g/mol. The van der Waals surface area contributed by atoms with Crippen molar-refractivity contribution in [1.29, 1.82) is 0 Å². The third kappa shape index (κ3) is 3.30. The molecule has 0 bridgehead atoms. The van der Waals surface area contributed by atoms with Gasteiger partial charge in [-0.2, -0.15) is 0 Å². The summed E-state index contributed by atoms with van der Waals surface area (Å²) in [6, 6.07) is 18.9. The van der Waals surface area contributed by atoms with E-state index in [9.17, 15) is 4.79 Å². The number of aromatic nitrogens is 3. The minimum absolute atomic E-state index is 0.169. The summed E-state index contributed by atoms with van der Waals surface area (Å²) < 4.78 is 5.64. The Bertz CT molecular complexity index is 1040. The highest BCUT2D eigenvalue weighted by Gasteiger charge is 2.12. The molecule has 128 valence electrons. The summed E-state index contributed by atoms with van der Waals surface area (Å²) in [5, 5.41) is 11.9. The zero-order chi connectivity index (χ0) is 17.8. The molecule has 0 aliphatic rings. The molecular formula is C20H16N4O2. The summed E-state index contributed by atoms with van der Waals surface area (Å²) in [6.07, 6.45) is 2.15. The first kappa shape index (κ1) is 16.0. The molecule has 0 atom stereocenters. The summed E-state index contributed by atoms with van der Waals surface area (Å²) in [7, 11) is 0. The van der Waals surface area contributed by atoms with Gasteiger partial charge in [0.05, 0.1) is 11.1 Å². The van der Waals surface area contributed by atoms with Crippen LogP contribution in [-0.2, 0) is 6.42 Å². The number of fused-ring (bicyclic) bond motifs is 1. The van der Waals surface area contributed by atoms with Crippen molar-refractivity contribution >= 4 is 16.8 Å². The van der Waals surface area contributed by atoms with Crippen molar-refractivity contribution in [2.45, 2.75) is 6.42 Å². The zero-order valence-corrected chi connectivity index (χ0v) is 13.9. The van der Waals surface area contributed by atoms with E-state index in [0.717, 1.165) is 10.9 Å². The summed E-state index contributed by atoms with van der Waals surface area (Å²) in [6.45, 7) is 0.401. The number of amides is 1. The van der Waals surface area contributed by atoms with Crippen LogP contribution in [0.3, 0.4) is 0 Å². The van der Waals surface area contributed by atoms with Gasteiger partial charge in [0, 0.05) is 30.1 Å². The van der Waals surface area contributed by atoms with E-state index in [1.165, 1.54) is 0 Å². The minimum Gasteiger partial charge on any atom is -0.421 e. The molecule has 0 fully saturated rings. The van der Waals surface area contributed by atoms with Gasteiger partial charge in [0.25, 0.3) is 5.91 Å². The fourth-order valence-corrected chi connectivity index (χ4v) is 2.72. The second-order valence-corrected chi connectivity index (χ2v) is 5.75. The van der Waals surface area contributed by atoms with E-state index in [1.54, 1.807) is 12.3 Å². The Morgan fingerprint density at radius 3 is 2.69 bits per heavy atom. The Labute approximate surface area is 149 Å². The molecule has 0 aliphatic heterocycles. The molecule has 26 heavy (non-hydrogen) atoms. The molecule has 4 rings (SSSR count). The molecule has 2 aromatic heterocycles. The van der Waals surface area contributed by atoms with Crippen LogP contribution in [0.4, 0.5) is 0 Å². The standard InChI is InChI=1S/C20H16N4O2/c25-19(16-10-4-8-14-9-5-12-21-18(14)16)22-13-11-17-23-24-20(26-17)15-6-2-1-3-7-15/h1-10,12H,11,13H2,(H,22,25). The smallest absolute Gasteiger partial charge is 0.253 e. The van der Waals surface area contributed by atoms with Gasteiger partial charge < -0.3 is 9.73 Å². The van der Waals surface area contributed by atoms with Crippen molar-refractivity contribution in [3.8, 4) is 11.5 Å². The third-order valence-electron chi connectivity index (χ3n) is 3.99. The highest BCUT2D eigenvalue weighted by atomic mass is 16.4. The van der Waals surface area contributed by atoms with Crippen molar-refractivity contribution in [2.75, 3.05) is 6.54 Å². The number of carbonyl (C=O) groups is 1. The van der Waals surface area contributed by atoms with Gasteiger partial charge in [-0.05, 0) is 24.3 Å². The van der Waals surface area contributed by atoms with E-state index in [4.69, 9.17) is 4.42 Å². The lowest BCUT2D eigenvalue weighted by molar-refractivity contribution is 0.0955. The van der Waals surface area contributed by atoms with Gasteiger partial charge in [-0.1, -0.05) is 36.4 Å². The molecule has 6 heteroatoms. The Morgan fingerprint density at radius 1 is 0.962 bits per heavy atom. The molecule has 0 saturated carbocycles. The van der Waals surface area contributed by atoms with Gasteiger partial charge in [0.15, 0.2) is 0 Å². The monoisotopic (exact) mass is 344 g/mol. The van der Waals surface area contributed by atoms with Gasteiger partial charge in [0.1, 0.15) is 0 Å². The minimum atomic E-state index is -0.169. The van der Waals surface area contributed by atoms with Crippen LogP contribution in [0.25, 0.3) is 22.4 Å². The highest BCUT2D eigenvalue weighted by Crippen LogP contribution is 2.17. The predicted octanol–water partition coefficient (Wildman–Crippen LogP) is 3.26. The van der Waals surface area contributed by atoms with Crippen molar-refractivity contribution in [2.24, 2.45) is 0 Å². The highest BCUT2D eigenvalue weighted by molar-refractivity contribution is 6.05. The van der Waals surface area contributed by atoms with Crippen LogP contribution in [0.1, 0.15) is 16.2 Å². The van der Waals surface area contributed by atoms with Crippen molar-refractivity contribution in [3.63, 3.8) is 0 Å². The molecule has 2 heterocycles. The lowest BCUT2D eigenvalue weighted by Crippen LogP contribution is -2.26. The van der Waals surface area contributed by atoms with E-state index in [-0.39, 0.29) is 5.91 Å². The SMILES string of the molecule is O=C(NCCc1nnc(-c2ccccc2)o1)c1cccc2cccnc12. The van der Waals surface area contributed by atoms with Crippen molar-refractivity contribution in [1.82, 2.24) is 20.5 Å². The van der Waals surface area contributed by atoms with Crippen LogP contribution in [0.2, 0.25) is 0 Å². The van der Waals surface area contributed by atoms with Crippen molar-refractivity contribution in [3.05, 3.63) is 78.3 Å². The molecule has 1 amide bonds. The molecule has 0 unspecified atom stereocenters. The van der Waals surface area contributed by atoms with Gasteiger partial charge >= 0.3 is 0 Å². The van der Waals surface area contributed by atoms with E-state index in [1.807, 2.05) is 54.6 Å². The largest absolute Gasteiger partial charge is 0.421 e. The quantitative estimate of drug-likeness (QED) is 0.601. The molecule has 0 aliphatic carbocycles. The third-order valence-corrected chi connectivity index (χ3v) is 3.99. The number of nitrogens with one attached hydrogen (secondary N) is 1. The van der Waals surface area contributed by atoms with Gasteiger partial charge in [-0.25, -0.2) is 0 Å². The number of para-hydroxylation sites is 1. The number of hydrogen-bond donors (Lipinski definition) is 1. The van der Waals surface area contributed by atoms with Crippen LogP contribution in [-0.4, -0.2) is 27.6 Å². The lowest BCUT2D eigenvalue weighted by atomic mass is 10.1. The Balaban J connectivity index is 1.40. The number of hydrogen-bond acceptors (Lipinski definition) is 5. The number of carbonyl (C=O) groups excluding carboxylic acids is 1. The number of nitrogens with zero attached hydrogens (tertiary/aromatic N) is 3. The average molecular weight is 344 g/mol. The van der Waals surface area contributed by atoms with Gasteiger partial charge in [0.2, 0.25) is 11.8 Å². The molecule has 4 aromatic rings. The lowest BCUT2D eigenvalue weighted by Gasteiger charge is -2.06. The number of pyridine rings is 1. The van der Waals surface area contributed by atoms with Crippen LogP contribution in [0.15, 0.2) is 71.3 Å². The fourth-order valence-electron chi connectivity index (χ4n) is 2.72. The van der Waals surface area contributed by atoms with Gasteiger partial charge in [-0.3, -0.25) is 9.78 Å². The van der Waals surface area contributed by atoms with Gasteiger partial charge in [-0.15, -0.1) is 10.2 Å². The normalized spacial score (nSPS) is 10.8. The predicted molar refractivity (Wildman–Crippen MR) is 97.5 cm³/mol. The molecule has 2 aromatic carbocycles. The van der Waals surface area contributed by atoms with E-state index < -0.39 is 0 Å². The summed E-state index contributed by atoms with van der Waals surface area (Å²) in [5.74, 6) is 0.794. The topological polar surface area (TPSA) is 80.9 Å². The zero-order valence-electron chi connectivity index (χ0n) is 13.9. The van der Waals surface area contributed by atoms with E-state index in [0.29, 0.717) is 35.8 Å². The summed E-state index contributed by atoms with van der Waals surface area (Å²) >= 11 is 0. The number of benzene rings is 2. The molecule has 0 spiro atoms. The molecule has 0 radical (unpaired) electrons. The van der Waals surface area contributed by atoms with Crippen LogP contribution < -0.4 is 5.32 Å². The van der Waals surface area contributed by atoms with Crippen LogP contribution in [0.5, 0.6) is 0 Å². The Morgan fingerprint density at radius 2 is 1.81 bits per heavy atom. The maximum atomic E-state index is 12.5. The Kier molecular flexibility index (Phi) is 4.38. The molecule has 1 N–H and O–H groups in total. The first-order valence-corrected chi connectivity index (χ1v) is 8.31. The Hall–Kier alpha value is -3.54. The van der Waals surface area contributed by atoms with Crippen LogP contribution >= 0.6 is 0 Å². The molecule has 6 nitrogen and oxygen atoms in total. The second-order valence-electron chi connectivity index (χ2n) is 5.75. The average Bonchev–Trinajstić information content (AvgIpc) is 3.17.